The molecule has 5 nitrogen and oxygen atoms in total. The van der Waals surface area contributed by atoms with Crippen LogP contribution in [0.1, 0.15) is 37.7 Å². The van der Waals surface area contributed by atoms with Crippen molar-refractivity contribution in [1.29, 1.82) is 0 Å². The van der Waals surface area contributed by atoms with E-state index in [0.717, 1.165) is 30.1 Å². The Bertz CT molecular complexity index is 504. The molecule has 0 fully saturated rings. The van der Waals surface area contributed by atoms with Crippen LogP contribution in [0.15, 0.2) is 30.6 Å². The molecule has 0 saturated carbocycles. The summed E-state index contributed by atoms with van der Waals surface area (Å²) in [6.45, 7) is 5.36. The molecule has 5 heteroatoms. The van der Waals surface area contributed by atoms with E-state index < -0.39 is 0 Å². The lowest BCUT2D eigenvalue weighted by Crippen LogP contribution is -2.08. The molecule has 0 aliphatic heterocycles. The second-order valence-corrected chi connectivity index (χ2v) is 4.55. The number of nitrogens with zero attached hydrogens (tertiary/aromatic N) is 3. The zero-order valence-electron chi connectivity index (χ0n) is 11.4. The van der Waals surface area contributed by atoms with Crippen LogP contribution in [0.3, 0.4) is 0 Å². The van der Waals surface area contributed by atoms with Crippen molar-refractivity contribution in [3.8, 4) is 5.75 Å². The second kappa shape index (κ2) is 6.33. The van der Waals surface area contributed by atoms with Gasteiger partial charge in [0, 0.05) is 12.6 Å². The van der Waals surface area contributed by atoms with Crippen molar-refractivity contribution in [2.45, 2.75) is 39.5 Å². The monoisotopic (exact) mass is 260 g/mol. The summed E-state index contributed by atoms with van der Waals surface area (Å²) in [5.74, 6) is 1.66. The van der Waals surface area contributed by atoms with Crippen LogP contribution < -0.4 is 10.5 Å². The maximum absolute atomic E-state index is 5.81. The Morgan fingerprint density at radius 2 is 2.05 bits per heavy atom. The first kappa shape index (κ1) is 13.5. The first-order valence-electron chi connectivity index (χ1n) is 6.55. The molecule has 2 rings (SSSR count). The van der Waals surface area contributed by atoms with E-state index >= 15 is 0 Å². The summed E-state index contributed by atoms with van der Waals surface area (Å²) in [6, 6.07) is 7.87. The number of benzene rings is 1. The molecule has 102 valence electrons. The highest BCUT2D eigenvalue weighted by Crippen LogP contribution is 2.16. The Labute approximate surface area is 113 Å². The Morgan fingerprint density at radius 1 is 1.32 bits per heavy atom. The smallest absolute Gasteiger partial charge is 0.164 e. The van der Waals surface area contributed by atoms with Crippen LogP contribution >= 0.6 is 0 Å². The van der Waals surface area contributed by atoms with Crippen LogP contribution in [0.4, 0.5) is 0 Å². The molecular formula is C14H20N4O. The van der Waals surface area contributed by atoms with Gasteiger partial charge in [0.15, 0.2) is 5.82 Å². The van der Waals surface area contributed by atoms with Crippen molar-refractivity contribution in [3.63, 3.8) is 0 Å². The third-order valence-corrected chi connectivity index (χ3v) is 2.90. The van der Waals surface area contributed by atoms with Crippen molar-refractivity contribution in [3.05, 3.63) is 42.0 Å². The van der Waals surface area contributed by atoms with E-state index in [0.29, 0.717) is 6.61 Å². The maximum Gasteiger partial charge on any atom is 0.164 e. The van der Waals surface area contributed by atoms with Crippen molar-refractivity contribution in [2.24, 2.45) is 5.73 Å². The van der Waals surface area contributed by atoms with E-state index in [-0.39, 0.29) is 6.04 Å². The van der Waals surface area contributed by atoms with Gasteiger partial charge < -0.3 is 10.5 Å². The summed E-state index contributed by atoms with van der Waals surface area (Å²) >= 11 is 0. The molecule has 0 aliphatic rings. The van der Waals surface area contributed by atoms with Crippen LogP contribution in [0.25, 0.3) is 0 Å². The zero-order valence-corrected chi connectivity index (χ0v) is 11.4. The van der Waals surface area contributed by atoms with E-state index in [1.54, 1.807) is 6.33 Å². The fourth-order valence-electron chi connectivity index (χ4n) is 1.81. The van der Waals surface area contributed by atoms with Gasteiger partial charge in [-0.1, -0.05) is 19.1 Å². The molecule has 1 aromatic heterocycles. The fourth-order valence-corrected chi connectivity index (χ4v) is 1.81. The quantitative estimate of drug-likeness (QED) is 0.865. The molecule has 19 heavy (non-hydrogen) atoms. The average Bonchev–Trinajstić information content (AvgIpc) is 2.85. The van der Waals surface area contributed by atoms with Crippen molar-refractivity contribution in [1.82, 2.24) is 14.8 Å². The summed E-state index contributed by atoms with van der Waals surface area (Å²) in [6.07, 6.45) is 2.59. The lowest BCUT2D eigenvalue weighted by atomic mass is 10.1. The van der Waals surface area contributed by atoms with E-state index in [4.69, 9.17) is 10.5 Å². The summed E-state index contributed by atoms with van der Waals surface area (Å²) in [4.78, 5) is 4.20. The highest BCUT2D eigenvalue weighted by molar-refractivity contribution is 5.28. The highest BCUT2D eigenvalue weighted by Gasteiger charge is 2.05. The van der Waals surface area contributed by atoms with E-state index in [9.17, 15) is 0 Å². The van der Waals surface area contributed by atoms with Crippen molar-refractivity contribution < 1.29 is 4.74 Å². The molecule has 1 atom stereocenters. The van der Waals surface area contributed by atoms with E-state index in [1.807, 2.05) is 35.9 Å². The zero-order chi connectivity index (χ0) is 13.7. The van der Waals surface area contributed by atoms with Crippen LogP contribution in [0, 0.1) is 0 Å². The molecule has 1 aromatic carbocycles. The topological polar surface area (TPSA) is 66.0 Å². The minimum absolute atomic E-state index is 0.0432. The molecule has 1 heterocycles. The van der Waals surface area contributed by atoms with Gasteiger partial charge in [0.2, 0.25) is 0 Å². The maximum atomic E-state index is 5.81. The van der Waals surface area contributed by atoms with Gasteiger partial charge in [0.25, 0.3) is 0 Å². The summed E-state index contributed by atoms with van der Waals surface area (Å²) in [7, 11) is 0. The minimum atomic E-state index is 0.0432. The number of rotatable bonds is 6. The molecule has 0 amide bonds. The number of aryl methyl sites for hydroxylation is 1. The third kappa shape index (κ3) is 3.54. The Morgan fingerprint density at radius 3 is 2.68 bits per heavy atom. The van der Waals surface area contributed by atoms with Crippen molar-refractivity contribution in [2.75, 3.05) is 0 Å². The second-order valence-electron chi connectivity index (χ2n) is 4.55. The molecule has 0 saturated heterocycles. The van der Waals surface area contributed by atoms with E-state index in [2.05, 4.69) is 17.0 Å². The number of aromatic nitrogens is 3. The molecule has 0 spiro atoms. The van der Waals surface area contributed by atoms with Gasteiger partial charge in [-0.05, 0) is 31.0 Å². The minimum Gasteiger partial charge on any atom is -0.486 e. The molecule has 0 radical (unpaired) electrons. The first-order chi connectivity index (χ1) is 9.20. The predicted octanol–water partition coefficient (Wildman–Crippen LogP) is 2.29. The van der Waals surface area contributed by atoms with Crippen LogP contribution in [-0.4, -0.2) is 14.8 Å². The predicted molar refractivity (Wildman–Crippen MR) is 73.7 cm³/mol. The van der Waals surface area contributed by atoms with Gasteiger partial charge in [-0.3, -0.25) is 0 Å². The largest absolute Gasteiger partial charge is 0.486 e. The number of hydrogen-bond acceptors (Lipinski definition) is 4. The van der Waals surface area contributed by atoms with Gasteiger partial charge in [-0.2, -0.15) is 5.10 Å². The molecular weight excluding hydrogens is 240 g/mol. The van der Waals surface area contributed by atoms with Gasteiger partial charge in [-0.25, -0.2) is 9.67 Å². The molecule has 2 N–H and O–H groups in total. The average molecular weight is 260 g/mol. The molecule has 0 aliphatic carbocycles. The van der Waals surface area contributed by atoms with Crippen LogP contribution in [0.2, 0.25) is 0 Å². The Hall–Kier alpha value is -1.88. The summed E-state index contributed by atoms with van der Waals surface area (Å²) < 4.78 is 7.58. The summed E-state index contributed by atoms with van der Waals surface area (Å²) in [5.41, 5.74) is 6.90. The van der Waals surface area contributed by atoms with Gasteiger partial charge >= 0.3 is 0 Å². The number of hydrogen-bond donors (Lipinski definition) is 1. The number of nitrogens with two attached hydrogens (primary N) is 1. The van der Waals surface area contributed by atoms with Gasteiger partial charge in [0.05, 0.1) is 0 Å². The van der Waals surface area contributed by atoms with Gasteiger partial charge in [0.1, 0.15) is 18.7 Å². The highest BCUT2D eigenvalue weighted by atomic mass is 16.5. The molecule has 2 aromatic rings. The normalized spacial score (nSPS) is 12.4. The first-order valence-corrected chi connectivity index (χ1v) is 6.55. The summed E-state index contributed by atoms with van der Waals surface area (Å²) in [5, 5.41) is 4.16. The fraction of sp³-hybridized carbons (Fsp3) is 0.429. The third-order valence-electron chi connectivity index (χ3n) is 2.90. The molecule has 1 unspecified atom stereocenters. The molecule has 0 bridgehead atoms. The lowest BCUT2D eigenvalue weighted by Gasteiger charge is -2.09. The van der Waals surface area contributed by atoms with Crippen molar-refractivity contribution >= 4 is 0 Å². The van der Waals surface area contributed by atoms with Crippen LogP contribution in [0.5, 0.6) is 5.75 Å². The number of ether oxygens (including phenoxy) is 1. The Balaban J connectivity index is 1.96. The van der Waals surface area contributed by atoms with Gasteiger partial charge in [-0.15, -0.1) is 0 Å². The standard InChI is InChI=1S/C14H20N4O/c1-3-8-18-14(16-10-17-18)9-19-13-6-4-12(5-7-13)11(2)15/h4-7,10-11H,3,8-9,15H2,1-2H3. The lowest BCUT2D eigenvalue weighted by molar-refractivity contribution is 0.286. The SMILES string of the molecule is CCCn1ncnc1COc1ccc(C(C)N)cc1. The van der Waals surface area contributed by atoms with Crippen LogP contribution in [-0.2, 0) is 13.2 Å². The van der Waals surface area contributed by atoms with E-state index in [1.165, 1.54) is 0 Å². The Kier molecular flexibility index (Phi) is 4.52.